The van der Waals surface area contributed by atoms with E-state index in [2.05, 4.69) is 47.8 Å². The van der Waals surface area contributed by atoms with Crippen LogP contribution < -0.4 is 5.32 Å². The van der Waals surface area contributed by atoms with Crippen molar-refractivity contribution in [1.29, 1.82) is 0 Å². The lowest BCUT2D eigenvalue weighted by Crippen LogP contribution is -2.28. The Hall–Kier alpha value is -1.54. The second-order valence-electron chi connectivity index (χ2n) is 5.18. The van der Waals surface area contributed by atoms with Crippen molar-refractivity contribution in [3.8, 4) is 0 Å². The summed E-state index contributed by atoms with van der Waals surface area (Å²) in [6.07, 6.45) is 3.87. The average Bonchev–Trinajstić information content (AvgIpc) is 2.42. The van der Waals surface area contributed by atoms with Gasteiger partial charge in [0.1, 0.15) is 0 Å². The van der Waals surface area contributed by atoms with Crippen LogP contribution in [0.5, 0.6) is 0 Å². The third-order valence-electron chi connectivity index (χ3n) is 3.85. The normalized spacial score (nSPS) is 24.1. The summed E-state index contributed by atoms with van der Waals surface area (Å²) in [5.74, 6) is 0. The van der Waals surface area contributed by atoms with E-state index in [1.165, 1.54) is 16.5 Å². The van der Waals surface area contributed by atoms with Crippen molar-refractivity contribution < 1.29 is 5.11 Å². The van der Waals surface area contributed by atoms with Crippen LogP contribution in [0.1, 0.15) is 25.7 Å². The van der Waals surface area contributed by atoms with E-state index in [-0.39, 0.29) is 6.10 Å². The van der Waals surface area contributed by atoms with Crippen molar-refractivity contribution in [2.45, 2.75) is 37.8 Å². The fraction of sp³-hybridized carbons (Fsp3) is 0.375. The van der Waals surface area contributed by atoms with Gasteiger partial charge in [-0.05, 0) is 37.1 Å². The molecular weight excluding hydrogens is 222 g/mol. The predicted molar refractivity (Wildman–Crippen MR) is 75.8 cm³/mol. The average molecular weight is 241 g/mol. The van der Waals surface area contributed by atoms with Gasteiger partial charge in [-0.3, -0.25) is 0 Å². The van der Waals surface area contributed by atoms with E-state index < -0.39 is 0 Å². The zero-order valence-corrected chi connectivity index (χ0v) is 10.5. The Kier molecular flexibility index (Phi) is 3.20. The van der Waals surface area contributed by atoms with E-state index in [9.17, 15) is 5.11 Å². The van der Waals surface area contributed by atoms with Gasteiger partial charge in [0.05, 0.1) is 6.10 Å². The van der Waals surface area contributed by atoms with Gasteiger partial charge in [0.15, 0.2) is 0 Å². The third kappa shape index (κ3) is 2.34. The minimum atomic E-state index is -0.0874. The summed E-state index contributed by atoms with van der Waals surface area (Å²) in [7, 11) is 0. The van der Waals surface area contributed by atoms with Gasteiger partial charge in [0, 0.05) is 17.1 Å². The van der Waals surface area contributed by atoms with E-state index in [4.69, 9.17) is 0 Å². The molecular formula is C16H19NO. The van der Waals surface area contributed by atoms with Gasteiger partial charge in [0.25, 0.3) is 0 Å². The highest BCUT2D eigenvalue weighted by Gasteiger charge is 2.19. The fourth-order valence-corrected chi connectivity index (χ4v) is 2.79. The zero-order valence-electron chi connectivity index (χ0n) is 10.5. The van der Waals surface area contributed by atoms with Crippen LogP contribution in [-0.4, -0.2) is 17.3 Å². The number of hydrogen-bond acceptors (Lipinski definition) is 2. The Bertz CT molecular complexity index is 524. The van der Waals surface area contributed by atoms with Gasteiger partial charge in [-0.25, -0.2) is 0 Å². The Labute approximate surface area is 108 Å². The highest BCUT2D eigenvalue weighted by Crippen LogP contribution is 2.27. The summed E-state index contributed by atoms with van der Waals surface area (Å²) in [4.78, 5) is 0. The van der Waals surface area contributed by atoms with Crippen LogP contribution in [0.4, 0.5) is 5.69 Å². The molecule has 2 aromatic carbocycles. The Morgan fingerprint density at radius 3 is 2.44 bits per heavy atom. The molecule has 0 radical (unpaired) electrons. The second-order valence-corrected chi connectivity index (χ2v) is 5.18. The monoisotopic (exact) mass is 241 g/mol. The lowest BCUT2D eigenvalue weighted by Gasteiger charge is -2.27. The number of nitrogens with one attached hydrogen (secondary N) is 1. The molecule has 0 heterocycles. The molecule has 18 heavy (non-hydrogen) atoms. The van der Waals surface area contributed by atoms with Gasteiger partial charge < -0.3 is 10.4 Å². The number of hydrogen-bond donors (Lipinski definition) is 2. The number of benzene rings is 2. The highest BCUT2D eigenvalue weighted by atomic mass is 16.3. The Morgan fingerprint density at radius 1 is 0.889 bits per heavy atom. The second kappa shape index (κ2) is 4.99. The molecule has 0 spiro atoms. The molecule has 0 atom stereocenters. The number of rotatable bonds is 2. The van der Waals surface area contributed by atoms with E-state index >= 15 is 0 Å². The standard InChI is InChI=1S/C16H19NO/c18-14-10-8-13(9-11-14)17-16-7-3-5-12-4-1-2-6-15(12)16/h1-7,13-14,17-18H,8-11H2. The first kappa shape index (κ1) is 11.5. The van der Waals surface area contributed by atoms with Gasteiger partial charge in [-0.2, -0.15) is 0 Å². The zero-order chi connectivity index (χ0) is 12.4. The van der Waals surface area contributed by atoms with E-state index in [0.717, 1.165) is 25.7 Å². The van der Waals surface area contributed by atoms with Crippen LogP contribution in [0.25, 0.3) is 10.8 Å². The number of aliphatic hydroxyl groups excluding tert-OH is 1. The predicted octanol–water partition coefficient (Wildman–Crippen LogP) is 3.56. The number of anilines is 1. The molecule has 0 bridgehead atoms. The topological polar surface area (TPSA) is 32.3 Å². The molecule has 1 fully saturated rings. The molecule has 0 aliphatic heterocycles. The Morgan fingerprint density at radius 2 is 1.61 bits per heavy atom. The van der Waals surface area contributed by atoms with E-state index in [0.29, 0.717) is 6.04 Å². The van der Waals surface area contributed by atoms with Gasteiger partial charge in [0.2, 0.25) is 0 Å². The maximum atomic E-state index is 9.54. The fourth-order valence-electron chi connectivity index (χ4n) is 2.79. The van der Waals surface area contributed by atoms with Crippen molar-refractivity contribution in [3.63, 3.8) is 0 Å². The molecule has 2 aromatic rings. The number of aliphatic hydroxyl groups is 1. The van der Waals surface area contributed by atoms with Crippen LogP contribution in [0.15, 0.2) is 42.5 Å². The molecule has 1 aliphatic carbocycles. The molecule has 0 aromatic heterocycles. The van der Waals surface area contributed by atoms with Crippen LogP contribution in [0.3, 0.4) is 0 Å². The summed E-state index contributed by atoms with van der Waals surface area (Å²) in [6, 6.07) is 15.3. The maximum absolute atomic E-state index is 9.54. The first-order valence-electron chi connectivity index (χ1n) is 6.75. The Balaban J connectivity index is 1.82. The first-order chi connectivity index (χ1) is 8.83. The summed E-state index contributed by atoms with van der Waals surface area (Å²) < 4.78 is 0. The summed E-state index contributed by atoms with van der Waals surface area (Å²) in [5.41, 5.74) is 1.22. The molecule has 0 saturated heterocycles. The minimum Gasteiger partial charge on any atom is -0.393 e. The highest BCUT2D eigenvalue weighted by molar-refractivity contribution is 5.93. The van der Waals surface area contributed by atoms with Crippen molar-refractivity contribution in [2.75, 3.05) is 5.32 Å². The SMILES string of the molecule is OC1CCC(Nc2cccc3ccccc23)CC1. The maximum Gasteiger partial charge on any atom is 0.0541 e. The third-order valence-corrected chi connectivity index (χ3v) is 3.85. The summed E-state index contributed by atoms with van der Waals surface area (Å²) in [5, 5.41) is 15.7. The molecule has 2 heteroatoms. The van der Waals surface area contributed by atoms with Gasteiger partial charge >= 0.3 is 0 Å². The van der Waals surface area contributed by atoms with Crippen LogP contribution in [0.2, 0.25) is 0 Å². The van der Waals surface area contributed by atoms with Crippen LogP contribution in [0, 0.1) is 0 Å². The smallest absolute Gasteiger partial charge is 0.0541 e. The van der Waals surface area contributed by atoms with Crippen LogP contribution in [-0.2, 0) is 0 Å². The van der Waals surface area contributed by atoms with E-state index in [1.807, 2.05) is 0 Å². The minimum absolute atomic E-state index is 0.0874. The first-order valence-corrected chi connectivity index (χ1v) is 6.75. The summed E-state index contributed by atoms with van der Waals surface area (Å²) in [6.45, 7) is 0. The van der Waals surface area contributed by atoms with Crippen molar-refractivity contribution in [1.82, 2.24) is 0 Å². The van der Waals surface area contributed by atoms with Crippen molar-refractivity contribution in [3.05, 3.63) is 42.5 Å². The van der Waals surface area contributed by atoms with E-state index in [1.54, 1.807) is 0 Å². The molecule has 94 valence electrons. The van der Waals surface area contributed by atoms with Crippen molar-refractivity contribution in [2.24, 2.45) is 0 Å². The quantitative estimate of drug-likeness (QED) is 0.842. The van der Waals surface area contributed by atoms with Crippen LogP contribution >= 0.6 is 0 Å². The summed E-state index contributed by atoms with van der Waals surface area (Å²) >= 11 is 0. The molecule has 1 saturated carbocycles. The van der Waals surface area contributed by atoms with Gasteiger partial charge in [-0.15, -0.1) is 0 Å². The largest absolute Gasteiger partial charge is 0.393 e. The molecule has 3 rings (SSSR count). The lowest BCUT2D eigenvalue weighted by molar-refractivity contribution is 0.126. The molecule has 2 nitrogen and oxygen atoms in total. The van der Waals surface area contributed by atoms with Gasteiger partial charge in [-0.1, -0.05) is 36.4 Å². The molecule has 0 amide bonds. The molecule has 2 N–H and O–H groups in total. The molecule has 0 unspecified atom stereocenters. The molecule has 1 aliphatic rings. The number of fused-ring (bicyclic) bond motifs is 1. The van der Waals surface area contributed by atoms with Crippen molar-refractivity contribution >= 4 is 16.5 Å². The lowest BCUT2D eigenvalue weighted by atomic mass is 9.93.